The minimum atomic E-state index is -1.56. The Kier molecular flexibility index (Phi) is 5.40. The van der Waals surface area contributed by atoms with Gasteiger partial charge in [-0.1, -0.05) is 6.07 Å². The number of carbonyl (C=O) groups excluding carboxylic acids is 1. The highest BCUT2D eigenvalue weighted by Gasteiger charge is 2.43. The zero-order valence-corrected chi connectivity index (χ0v) is 16.4. The Labute approximate surface area is 176 Å². The molecule has 6 atom stereocenters. The summed E-state index contributed by atoms with van der Waals surface area (Å²) in [6.07, 6.45) is -7.39. The summed E-state index contributed by atoms with van der Waals surface area (Å²) in [5.41, 5.74) is 0.401. The van der Waals surface area contributed by atoms with Crippen molar-refractivity contribution in [2.24, 2.45) is 0 Å². The van der Waals surface area contributed by atoms with Gasteiger partial charge in [-0.2, -0.15) is 0 Å². The minimum absolute atomic E-state index is 0.00177. The summed E-state index contributed by atoms with van der Waals surface area (Å²) < 4.78 is 16.8. The molecule has 0 bridgehead atoms. The molecule has 2 heterocycles. The van der Waals surface area contributed by atoms with Crippen molar-refractivity contribution < 1.29 is 49.6 Å². The molecule has 10 heteroatoms. The van der Waals surface area contributed by atoms with Crippen LogP contribution in [0.5, 0.6) is 28.7 Å². The van der Waals surface area contributed by atoms with Crippen LogP contribution in [0.15, 0.2) is 30.3 Å². The van der Waals surface area contributed by atoms with Crippen molar-refractivity contribution in [2.45, 2.75) is 50.2 Å². The highest BCUT2D eigenvalue weighted by Crippen LogP contribution is 2.43. The number of benzene rings is 2. The first kappa shape index (κ1) is 21.2. The third kappa shape index (κ3) is 3.86. The van der Waals surface area contributed by atoms with Crippen LogP contribution in [0.3, 0.4) is 0 Å². The highest BCUT2D eigenvalue weighted by molar-refractivity contribution is 6.02. The summed E-state index contributed by atoms with van der Waals surface area (Å²) >= 11 is 0. The molecule has 0 radical (unpaired) electrons. The van der Waals surface area contributed by atoms with Crippen LogP contribution >= 0.6 is 0 Å². The molecule has 1 saturated heterocycles. The highest BCUT2D eigenvalue weighted by atomic mass is 16.7. The normalized spacial score (nSPS) is 30.4. The standard InChI is InChI=1S/C21H22O10/c1-8-18(26)19(27)20(28)21(29-8)30-10-5-13(24)17-14(25)7-15(31-16(17)6-10)9-2-3-11(22)12(23)4-9/h2-6,8,15,18-24,26-28H,7H2,1H3/t8-,15-,18-,19+,20+,21-/m0/s1. The second-order valence-corrected chi connectivity index (χ2v) is 7.60. The molecule has 31 heavy (non-hydrogen) atoms. The van der Waals surface area contributed by atoms with Crippen LogP contribution in [0, 0.1) is 0 Å². The number of ether oxygens (including phenoxy) is 3. The zero-order valence-electron chi connectivity index (χ0n) is 16.4. The first-order valence-electron chi connectivity index (χ1n) is 9.60. The summed E-state index contributed by atoms with van der Waals surface area (Å²) in [5, 5.41) is 59.4. The number of phenolic OH excluding ortho intramolecular Hbond substituents is 3. The fourth-order valence-electron chi connectivity index (χ4n) is 3.65. The summed E-state index contributed by atoms with van der Waals surface area (Å²) in [6, 6.07) is 6.54. The first-order valence-corrected chi connectivity index (χ1v) is 9.60. The maximum absolute atomic E-state index is 12.6. The van der Waals surface area contributed by atoms with E-state index in [0.717, 1.165) is 6.07 Å². The largest absolute Gasteiger partial charge is 0.507 e. The second-order valence-electron chi connectivity index (χ2n) is 7.60. The van der Waals surface area contributed by atoms with Gasteiger partial charge in [0, 0.05) is 12.1 Å². The van der Waals surface area contributed by atoms with Gasteiger partial charge in [-0.3, -0.25) is 4.79 Å². The monoisotopic (exact) mass is 434 g/mol. The quantitative estimate of drug-likeness (QED) is 0.379. The lowest BCUT2D eigenvalue weighted by Gasteiger charge is -2.39. The minimum Gasteiger partial charge on any atom is -0.507 e. The van der Waals surface area contributed by atoms with Crippen molar-refractivity contribution in [3.05, 3.63) is 41.5 Å². The van der Waals surface area contributed by atoms with Gasteiger partial charge in [0.05, 0.1) is 12.5 Å². The molecule has 1 fully saturated rings. The van der Waals surface area contributed by atoms with Gasteiger partial charge in [0.1, 0.15) is 47.2 Å². The van der Waals surface area contributed by atoms with Crippen LogP contribution in [-0.2, 0) is 4.74 Å². The van der Waals surface area contributed by atoms with E-state index in [4.69, 9.17) is 14.2 Å². The van der Waals surface area contributed by atoms with Crippen LogP contribution in [0.2, 0.25) is 0 Å². The van der Waals surface area contributed by atoms with E-state index in [1.54, 1.807) is 0 Å². The number of aliphatic hydroxyl groups is 3. The summed E-state index contributed by atoms with van der Waals surface area (Å²) in [7, 11) is 0. The van der Waals surface area contributed by atoms with Gasteiger partial charge in [0.15, 0.2) is 17.3 Å². The van der Waals surface area contributed by atoms with E-state index < -0.39 is 48.3 Å². The predicted molar refractivity (Wildman–Crippen MR) is 103 cm³/mol. The van der Waals surface area contributed by atoms with Gasteiger partial charge in [-0.15, -0.1) is 0 Å². The molecular weight excluding hydrogens is 412 g/mol. The van der Waals surface area contributed by atoms with E-state index in [1.807, 2.05) is 0 Å². The van der Waals surface area contributed by atoms with Crippen molar-refractivity contribution in [3.8, 4) is 28.7 Å². The summed E-state index contributed by atoms with van der Waals surface area (Å²) in [4.78, 5) is 12.6. The van der Waals surface area contributed by atoms with Crippen LogP contribution in [0.25, 0.3) is 0 Å². The lowest BCUT2D eigenvalue weighted by atomic mass is 9.95. The number of aromatic hydroxyl groups is 3. The topological polar surface area (TPSA) is 166 Å². The number of rotatable bonds is 3. The molecule has 0 saturated carbocycles. The van der Waals surface area contributed by atoms with Gasteiger partial charge in [-0.05, 0) is 24.6 Å². The second kappa shape index (κ2) is 7.89. The smallest absolute Gasteiger partial charge is 0.229 e. The van der Waals surface area contributed by atoms with Crippen LogP contribution in [0.1, 0.15) is 35.4 Å². The Morgan fingerprint density at radius 2 is 1.68 bits per heavy atom. The molecule has 6 N–H and O–H groups in total. The molecule has 0 amide bonds. The SMILES string of the molecule is C[C@@H]1O[C@@H](Oc2cc(O)c3c(c2)O[C@H](c2ccc(O)c(O)c2)CC3=O)[C@H](O)[C@H](O)[C@H]1O. The Bertz CT molecular complexity index is 1010. The fraction of sp³-hybridized carbons (Fsp3) is 0.381. The number of aliphatic hydroxyl groups excluding tert-OH is 3. The molecule has 0 unspecified atom stereocenters. The van der Waals surface area contributed by atoms with Gasteiger partial charge in [0.25, 0.3) is 0 Å². The van der Waals surface area contributed by atoms with E-state index in [1.165, 1.54) is 31.2 Å². The lowest BCUT2D eigenvalue weighted by molar-refractivity contribution is -0.268. The molecule has 10 nitrogen and oxygen atoms in total. The number of carbonyl (C=O) groups is 1. The van der Waals surface area contributed by atoms with Crippen molar-refractivity contribution in [2.75, 3.05) is 0 Å². The number of fused-ring (bicyclic) bond motifs is 1. The first-order chi connectivity index (χ1) is 14.7. The van der Waals surface area contributed by atoms with E-state index >= 15 is 0 Å². The van der Waals surface area contributed by atoms with Gasteiger partial charge < -0.3 is 44.8 Å². The van der Waals surface area contributed by atoms with Crippen LogP contribution in [0.4, 0.5) is 0 Å². The Balaban J connectivity index is 1.61. The maximum atomic E-state index is 12.6. The van der Waals surface area contributed by atoms with E-state index in [0.29, 0.717) is 5.56 Å². The number of phenols is 3. The molecule has 0 aliphatic carbocycles. The molecule has 4 rings (SSSR count). The van der Waals surface area contributed by atoms with Crippen molar-refractivity contribution in [1.82, 2.24) is 0 Å². The third-order valence-corrected chi connectivity index (χ3v) is 5.41. The van der Waals surface area contributed by atoms with Crippen LogP contribution < -0.4 is 9.47 Å². The molecule has 2 aromatic carbocycles. The fourth-order valence-corrected chi connectivity index (χ4v) is 3.65. The molecule has 2 aliphatic heterocycles. The Morgan fingerprint density at radius 1 is 0.935 bits per heavy atom. The van der Waals surface area contributed by atoms with Gasteiger partial charge >= 0.3 is 0 Å². The number of Topliss-reactive ketones (excluding diaryl/α,β-unsaturated/α-hetero) is 1. The average Bonchev–Trinajstić information content (AvgIpc) is 2.71. The maximum Gasteiger partial charge on any atom is 0.229 e. The van der Waals surface area contributed by atoms with E-state index in [9.17, 15) is 35.4 Å². The van der Waals surface area contributed by atoms with Crippen LogP contribution in [-0.4, -0.2) is 67.1 Å². The van der Waals surface area contributed by atoms with E-state index in [-0.39, 0.29) is 35.0 Å². The third-order valence-electron chi connectivity index (χ3n) is 5.41. The van der Waals surface area contributed by atoms with Gasteiger partial charge in [0.2, 0.25) is 6.29 Å². The van der Waals surface area contributed by atoms with Crippen molar-refractivity contribution in [1.29, 1.82) is 0 Å². The number of ketones is 1. The molecule has 0 spiro atoms. The predicted octanol–water partition coefficient (Wildman–Crippen LogP) is 0.716. The average molecular weight is 434 g/mol. The molecule has 2 aliphatic rings. The molecule has 2 aromatic rings. The van der Waals surface area contributed by atoms with Crippen molar-refractivity contribution in [3.63, 3.8) is 0 Å². The summed E-state index contributed by atoms with van der Waals surface area (Å²) in [6.45, 7) is 1.50. The Morgan fingerprint density at radius 3 is 2.39 bits per heavy atom. The van der Waals surface area contributed by atoms with Crippen molar-refractivity contribution >= 4 is 5.78 Å². The lowest BCUT2D eigenvalue weighted by Crippen LogP contribution is -2.58. The number of hydrogen-bond donors (Lipinski definition) is 6. The summed E-state index contributed by atoms with van der Waals surface area (Å²) in [5.74, 6) is -1.46. The van der Waals surface area contributed by atoms with Gasteiger partial charge in [-0.25, -0.2) is 0 Å². The molecular formula is C21H22O10. The molecule has 166 valence electrons. The zero-order chi connectivity index (χ0) is 22.4. The Hall–Kier alpha value is -3.05. The van der Waals surface area contributed by atoms with E-state index in [2.05, 4.69) is 0 Å². The molecule has 0 aromatic heterocycles. The number of hydrogen-bond acceptors (Lipinski definition) is 10.